The van der Waals surface area contributed by atoms with Gasteiger partial charge in [0, 0.05) is 12.3 Å². The monoisotopic (exact) mass is 617 g/mol. The number of ether oxygens (including phenoxy) is 2. The van der Waals surface area contributed by atoms with Gasteiger partial charge in [-0.15, -0.1) is 0 Å². The molecule has 1 aromatic heterocycles. The summed E-state index contributed by atoms with van der Waals surface area (Å²) in [6, 6.07) is 11.1. The average Bonchev–Trinajstić information content (AvgIpc) is 3.01. The fraction of sp³-hybridized carbons (Fsp3) is 0.633. The number of nitrogens with one attached hydrogen (secondary N) is 1. The minimum Gasteiger partial charge on any atom is -0.484 e. The van der Waals surface area contributed by atoms with Gasteiger partial charge in [-0.3, -0.25) is 24.0 Å². The molecule has 0 unspecified atom stereocenters. The molecule has 12 heteroatoms. The van der Waals surface area contributed by atoms with Crippen LogP contribution in [0.15, 0.2) is 52.2 Å². The highest BCUT2D eigenvalue weighted by Gasteiger charge is 2.66. The third-order valence-electron chi connectivity index (χ3n) is 9.62. The maximum Gasteiger partial charge on any atom is 0.330 e. The summed E-state index contributed by atoms with van der Waals surface area (Å²) in [7, 11) is -4.45. The SMILES string of the molecule is CC(C)(C)[Si](C)(C)C[C@@]12CN(C(=O)COc3ccccc3)O[C@@H]([C@H](n3ccc(=O)[nH]c3=O)O1)[C@@H]2O[Si](C)(C)C(C)(C)C. The van der Waals surface area contributed by atoms with Crippen LogP contribution in [0.1, 0.15) is 47.8 Å². The van der Waals surface area contributed by atoms with E-state index in [9.17, 15) is 14.4 Å². The summed E-state index contributed by atoms with van der Waals surface area (Å²) < 4.78 is 21.2. The van der Waals surface area contributed by atoms with Gasteiger partial charge in [-0.1, -0.05) is 72.8 Å². The molecular weight excluding hydrogens is 571 g/mol. The van der Waals surface area contributed by atoms with Gasteiger partial charge in [-0.2, -0.15) is 0 Å². The first-order valence-corrected chi connectivity index (χ1v) is 20.7. The van der Waals surface area contributed by atoms with E-state index >= 15 is 0 Å². The van der Waals surface area contributed by atoms with E-state index in [1.54, 1.807) is 12.1 Å². The van der Waals surface area contributed by atoms with Crippen LogP contribution in [0.2, 0.25) is 42.3 Å². The van der Waals surface area contributed by atoms with Gasteiger partial charge in [0.25, 0.3) is 11.5 Å². The molecule has 1 amide bonds. The summed E-state index contributed by atoms with van der Waals surface area (Å²) in [5, 5.41) is 1.24. The molecule has 1 N–H and O–H groups in total. The van der Waals surface area contributed by atoms with Crippen LogP contribution in [-0.2, 0) is 18.8 Å². The van der Waals surface area contributed by atoms with Crippen LogP contribution in [0.5, 0.6) is 5.75 Å². The number of hydrogen-bond donors (Lipinski definition) is 1. The van der Waals surface area contributed by atoms with Crippen molar-refractivity contribution >= 4 is 22.3 Å². The number of amides is 1. The van der Waals surface area contributed by atoms with Crippen LogP contribution in [-0.4, -0.2) is 67.9 Å². The molecule has 2 aromatic rings. The molecule has 0 spiro atoms. The molecule has 0 aliphatic carbocycles. The molecular formula is C30H47N3O7Si2. The van der Waals surface area contributed by atoms with Crippen LogP contribution in [0, 0.1) is 0 Å². The van der Waals surface area contributed by atoms with Gasteiger partial charge in [0.1, 0.15) is 17.5 Å². The lowest BCUT2D eigenvalue weighted by molar-refractivity contribution is -0.251. The number of para-hydroxylation sites is 1. The Morgan fingerprint density at radius 3 is 2.24 bits per heavy atom. The number of H-pyrrole nitrogens is 1. The van der Waals surface area contributed by atoms with Gasteiger partial charge in [0.05, 0.1) is 14.6 Å². The summed E-state index contributed by atoms with van der Waals surface area (Å²) in [6.07, 6.45) is -0.858. The number of carbonyl (C=O) groups excluding carboxylic acids is 1. The molecule has 0 radical (unpaired) electrons. The molecule has 4 atom stereocenters. The number of rotatable bonds is 8. The molecule has 42 heavy (non-hydrogen) atoms. The molecule has 3 heterocycles. The second-order valence-corrected chi connectivity index (χ2v) is 25.2. The Morgan fingerprint density at radius 2 is 1.67 bits per heavy atom. The predicted molar refractivity (Wildman–Crippen MR) is 167 cm³/mol. The van der Waals surface area contributed by atoms with Crippen molar-refractivity contribution in [1.29, 1.82) is 0 Å². The lowest BCUT2D eigenvalue weighted by atomic mass is 9.95. The Bertz CT molecular complexity index is 1390. The lowest BCUT2D eigenvalue weighted by Crippen LogP contribution is -2.65. The van der Waals surface area contributed by atoms with Crippen molar-refractivity contribution in [3.8, 4) is 5.75 Å². The Kier molecular flexibility index (Phi) is 8.64. The normalized spacial score (nSPS) is 25.0. The van der Waals surface area contributed by atoms with Crippen molar-refractivity contribution in [3.05, 3.63) is 63.4 Å². The summed E-state index contributed by atoms with van der Waals surface area (Å²) in [5.41, 5.74) is -2.06. The number of fused-ring (bicyclic) bond motifs is 2. The Balaban J connectivity index is 1.80. The van der Waals surface area contributed by atoms with E-state index in [1.807, 2.05) is 18.2 Å². The Hall–Kier alpha value is -2.52. The topological polar surface area (TPSA) is 112 Å². The van der Waals surface area contributed by atoms with E-state index in [-0.39, 0.29) is 29.1 Å². The third kappa shape index (κ3) is 6.37. The number of hydroxylamine groups is 2. The summed E-state index contributed by atoms with van der Waals surface area (Å²) in [5.74, 6) is 0.224. The highest BCUT2D eigenvalue weighted by molar-refractivity contribution is 6.80. The summed E-state index contributed by atoms with van der Waals surface area (Å²) >= 11 is 0. The van der Waals surface area contributed by atoms with Crippen molar-refractivity contribution in [3.63, 3.8) is 0 Å². The maximum atomic E-state index is 13.6. The number of benzene rings is 1. The second kappa shape index (κ2) is 11.2. The van der Waals surface area contributed by atoms with Crippen molar-refractivity contribution in [1.82, 2.24) is 14.6 Å². The zero-order valence-electron chi connectivity index (χ0n) is 26.6. The summed E-state index contributed by atoms with van der Waals surface area (Å²) in [4.78, 5) is 47.3. The fourth-order valence-corrected chi connectivity index (χ4v) is 8.85. The molecule has 2 aliphatic heterocycles. The van der Waals surface area contributed by atoms with Crippen LogP contribution >= 0.6 is 0 Å². The third-order valence-corrected chi connectivity index (χ3v) is 19.6. The predicted octanol–water partition coefficient (Wildman–Crippen LogP) is 4.92. The van der Waals surface area contributed by atoms with Crippen LogP contribution in [0.3, 0.4) is 0 Å². The number of hydrogen-bond acceptors (Lipinski definition) is 7. The van der Waals surface area contributed by atoms with Crippen molar-refractivity contribution in [2.75, 3.05) is 13.2 Å². The minimum atomic E-state index is -2.38. The standard InChI is InChI=1S/C30H47N3O7Si2/c1-28(2,3)41(7,8)20-30-19-33(23(35)18-37-21-14-12-11-13-15-21)39-24(25(30)40-42(9,10)29(4,5)6)26(38-30)32-17-16-22(34)31-27(32)36/h11-17,24-26H,18-20H2,1-10H3,(H,31,34,36)/t24-,25+,26-,30-/m1/s1. The first kappa shape index (κ1) is 32.4. The zero-order valence-corrected chi connectivity index (χ0v) is 28.6. The molecule has 2 saturated heterocycles. The van der Waals surface area contributed by atoms with E-state index < -0.39 is 51.7 Å². The maximum absolute atomic E-state index is 13.6. The summed E-state index contributed by atoms with van der Waals surface area (Å²) in [6.45, 7) is 22.2. The quantitative estimate of drug-likeness (QED) is 0.419. The molecule has 10 nitrogen and oxygen atoms in total. The molecule has 232 valence electrons. The Morgan fingerprint density at radius 1 is 1.02 bits per heavy atom. The smallest absolute Gasteiger partial charge is 0.330 e. The average molecular weight is 618 g/mol. The first-order chi connectivity index (χ1) is 19.3. The van der Waals surface area contributed by atoms with E-state index in [0.29, 0.717) is 11.8 Å². The van der Waals surface area contributed by atoms with Gasteiger partial charge in [0.2, 0.25) is 0 Å². The van der Waals surface area contributed by atoms with Gasteiger partial charge < -0.3 is 13.9 Å². The molecule has 4 rings (SSSR count). The largest absolute Gasteiger partial charge is 0.484 e. The van der Waals surface area contributed by atoms with Crippen molar-refractivity contribution < 1.29 is 23.5 Å². The van der Waals surface area contributed by atoms with Crippen molar-refractivity contribution in [2.45, 2.75) is 108 Å². The highest BCUT2D eigenvalue weighted by Crippen LogP contribution is 2.54. The van der Waals surface area contributed by atoms with E-state index in [0.717, 1.165) is 0 Å². The second-order valence-electron chi connectivity index (χ2n) is 14.8. The zero-order chi connectivity index (χ0) is 31.3. The van der Waals surface area contributed by atoms with Crippen molar-refractivity contribution in [2.24, 2.45) is 0 Å². The fourth-order valence-electron chi connectivity index (χ4n) is 5.09. The molecule has 2 bridgehead atoms. The van der Waals surface area contributed by atoms with E-state index in [2.05, 4.69) is 72.7 Å². The van der Waals surface area contributed by atoms with Gasteiger partial charge in [-0.05, 0) is 41.3 Å². The van der Waals surface area contributed by atoms with Gasteiger partial charge in [0.15, 0.2) is 27.3 Å². The van der Waals surface area contributed by atoms with Crippen LogP contribution in [0.25, 0.3) is 0 Å². The Labute approximate surface area is 250 Å². The molecule has 2 aliphatic rings. The minimum absolute atomic E-state index is 0.0125. The van der Waals surface area contributed by atoms with Gasteiger partial charge >= 0.3 is 5.69 Å². The molecule has 2 fully saturated rings. The number of aromatic amines is 1. The lowest BCUT2D eigenvalue weighted by Gasteiger charge is -2.51. The first-order valence-electron chi connectivity index (χ1n) is 14.6. The van der Waals surface area contributed by atoms with E-state index in [4.69, 9.17) is 18.7 Å². The number of carbonyl (C=O) groups is 1. The van der Waals surface area contributed by atoms with Crippen LogP contribution in [0.4, 0.5) is 0 Å². The molecule has 0 saturated carbocycles. The number of nitrogens with zero attached hydrogens (tertiary/aromatic N) is 2. The van der Waals surface area contributed by atoms with Gasteiger partial charge in [-0.25, -0.2) is 9.86 Å². The molecule has 1 aromatic carbocycles. The highest BCUT2D eigenvalue weighted by atomic mass is 28.4. The van der Waals surface area contributed by atoms with E-state index in [1.165, 1.54) is 21.9 Å². The van der Waals surface area contributed by atoms with Crippen LogP contribution < -0.4 is 16.0 Å². The number of aromatic nitrogens is 2.